The average Bonchev–Trinajstić information content (AvgIpc) is 3.16. The van der Waals surface area contributed by atoms with E-state index in [0.29, 0.717) is 28.1 Å². The molecule has 1 N–H and O–H groups in total. The van der Waals surface area contributed by atoms with Gasteiger partial charge in [-0.2, -0.15) is 5.26 Å². The minimum Gasteiger partial charge on any atom is -0.488 e. The number of likely N-dealkylation sites (N-methyl/N-ethyl adjacent to an activating group) is 1. The number of benzene rings is 3. The van der Waals surface area contributed by atoms with E-state index in [1.807, 2.05) is 41.2 Å². The van der Waals surface area contributed by atoms with Crippen LogP contribution in [-0.4, -0.2) is 47.8 Å². The number of H-pyrrole nitrogens is 1. The van der Waals surface area contributed by atoms with Crippen molar-refractivity contribution in [3.8, 4) is 11.9 Å². The molecule has 6 rings (SSSR count). The van der Waals surface area contributed by atoms with Crippen LogP contribution in [0.5, 0.6) is 5.75 Å². The summed E-state index contributed by atoms with van der Waals surface area (Å²) in [5, 5.41) is 11.5. The molecule has 7 nitrogen and oxygen atoms in total. The number of aromatic amines is 1. The SMILES string of the molecule is CN1CCN(n2/c(=N/C#N)[nH]c3cc(/C=C4/c5ccc(F)cc5OCc5c(F)cccc54)ccc32)CC1. The third kappa shape index (κ3) is 4.15. The molecular weight excluding hydrogens is 474 g/mol. The van der Waals surface area contributed by atoms with Crippen LogP contribution in [0.25, 0.3) is 22.7 Å². The van der Waals surface area contributed by atoms with Gasteiger partial charge in [-0.05, 0) is 60.2 Å². The summed E-state index contributed by atoms with van der Waals surface area (Å²) in [5.74, 6) is -0.419. The second-order valence-corrected chi connectivity index (χ2v) is 9.26. The summed E-state index contributed by atoms with van der Waals surface area (Å²) in [5.41, 5.74) is 5.57. The van der Waals surface area contributed by atoms with E-state index in [1.54, 1.807) is 12.1 Å². The second kappa shape index (κ2) is 9.22. The number of rotatable bonds is 2. The largest absolute Gasteiger partial charge is 0.488 e. The predicted molar refractivity (Wildman–Crippen MR) is 137 cm³/mol. The van der Waals surface area contributed by atoms with Gasteiger partial charge in [0.05, 0.1) is 11.0 Å². The molecule has 186 valence electrons. The van der Waals surface area contributed by atoms with Crippen molar-refractivity contribution < 1.29 is 13.5 Å². The molecule has 0 amide bonds. The lowest BCUT2D eigenvalue weighted by Crippen LogP contribution is -2.52. The van der Waals surface area contributed by atoms with Crippen LogP contribution >= 0.6 is 0 Å². The van der Waals surface area contributed by atoms with Crippen LogP contribution < -0.4 is 15.4 Å². The molecule has 3 heterocycles. The Hall–Kier alpha value is -4.42. The Kier molecular flexibility index (Phi) is 5.74. The quantitative estimate of drug-likeness (QED) is 0.424. The molecule has 0 atom stereocenters. The smallest absolute Gasteiger partial charge is 0.238 e. The van der Waals surface area contributed by atoms with Crippen LogP contribution in [0, 0.1) is 23.1 Å². The summed E-state index contributed by atoms with van der Waals surface area (Å²) in [6, 6.07) is 15.2. The van der Waals surface area contributed by atoms with E-state index in [1.165, 1.54) is 18.2 Å². The van der Waals surface area contributed by atoms with Crippen molar-refractivity contribution in [2.24, 2.45) is 4.99 Å². The molecule has 1 saturated heterocycles. The van der Waals surface area contributed by atoms with Crippen molar-refractivity contribution in [3.05, 3.63) is 94.1 Å². The monoisotopic (exact) mass is 498 g/mol. The van der Waals surface area contributed by atoms with Crippen molar-refractivity contribution >= 4 is 22.7 Å². The van der Waals surface area contributed by atoms with Gasteiger partial charge in [-0.1, -0.05) is 18.2 Å². The summed E-state index contributed by atoms with van der Waals surface area (Å²) < 4.78 is 36.6. The maximum atomic E-state index is 14.8. The number of nitrogens with one attached hydrogen (secondary N) is 1. The summed E-state index contributed by atoms with van der Waals surface area (Å²) in [7, 11) is 2.09. The third-order valence-electron chi connectivity index (χ3n) is 6.94. The number of aromatic nitrogens is 2. The van der Waals surface area contributed by atoms with Gasteiger partial charge in [0.1, 0.15) is 24.0 Å². The number of hydrogen-bond donors (Lipinski definition) is 1. The van der Waals surface area contributed by atoms with Gasteiger partial charge < -0.3 is 19.6 Å². The zero-order valence-corrected chi connectivity index (χ0v) is 20.2. The average molecular weight is 499 g/mol. The number of nitrogens with zero attached hydrogens (tertiary/aromatic N) is 5. The first-order chi connectivity index (χ1) is 18.0. The summed E-state index contributed by atoms with van der Waals surface area (Å²) in [4.78, 5) is 9.56. The molecule has 0 aliphatic carbocycles. The molecule has 0 unspecified atom stereocenters. The Morgan fingerprint density at radius 2 is 1.86 bits per heavy atom. The van der Waals surface area contributed by atoms with Gasteiger partial charge in [0.15, 0.2) is 0 Å². The van der Waals surface area contributed by atoms with Gasteiger partial charge in [0, 0.05) is 43.4 Å². The number of imidazole rings is 1. The van der Waals surface area contributed by atoms with E-state index in [0.717, 1.165) is 48.3 Å². The molecular formula is C28H24F2N6O. The van der Waals surface area contributed by atoms with Crippen LogP contribution in [0.3, 0.4) is 0 Å². The van der Waals surface area contributed by atoms with Gasteiger partial charge >= 0.3 is 0 Å². The molecule has 0 saturated carbocycles. The fourth-order valence-electron chi connectivity index (χ4n) is 5.03. The van der Waals surface area contributed by atoms with E-state index in [4.69, 9.17) is 4.74 Å². The Balaban J connectivity index is 1.51. The summed E-state index contributed by atoms with van der Waals surface area (Å²) in [6.45, 7) is 3.45. The Labute approximate surface area is 212 Å². The van der Waals surface area contributed by atoms with Crippen molar-refractivity contribution in [1.82, 2.24) is 14.6 Å². The molecule has 37 heavy (non-hydrogen) atoms. The van der Waals surface area contributed by atoms with Gasteiger partial charge in [-0.25, -0.2) is 13.5 Å². The van der Waals surface area contributed by atoms with E-state index in [9.17, 15) is 14.0 Å². The number of nitriles is 1. The lowest BCUT2D eigenvalue weighted by Gasteiger charge is -2.34. The first-order valence-corrected chi connectivity index (χ1v) is 12.1. The standard InChI is InChI=1S/C28H24F2N6O/c1-34-9-11-35(12-10-34)36-26-8-5-18(14-25(26)33-28(36)32-17-31)13-22-20-3-2-4-24(30)23(20)16-37-27-15-19(29)6-7-21(22)27/h2-8,13-15H,9-12,16H2,1H3,(H,32,33)/b22-13+. The molecule has 3 aromatic carbocycles. The minimum atomic E-state index is -0.417. The summed E-state index contributed by atoms with van der Waals surface area (Å²) >= 11 is 0. The number of halogens is 2. The van der Waals surface area contributed by atoms with Crippen LogP contribution in [-0.2, 0) is 6.61 Å². The van der Waals surface area contributed by atoms with Crippen molar-refractivity contribution in [2.75, 3.05) is 38.2 Å². The fraction of sp³-hybridized carbons (Fsp3) is 0.214. The van der Waals surface area contributed by atoms with E-state index in [2.05, 4.69) is 26.9 Å². The Morgan fingerprint density at radius 1 is 1.03 bits per heavy atom. The van der Waals surface area contributed by atoms with Gasteiger partial charge in [-0.15, -0.1) is 4.99 Å². The highest BCUT2D eigenvalue weighted by atomic mass is 19.1. The van der Waals surface area contributed by atoms with Crippen molar-refractivity contribution in [1.29, 1.82) is 5.26 Å². The first kappa shape index (κ1) is 23.0. The molecule has 1 aromatic heterocycles. The van der Waals surface area contributed by atoms with Crippen LogP contribution in [0.4, 0.5) is 8.78 Å². The van der Waals surface area contributed by atoms with Gasteiger partial charge in [0.25, 0.3) is 0 Å². The molecule has 0 radical (unpaired) electrons. The second-order valence-electron chi connectivity index (χ2n) is 9.26. The highest BCUT2D eigenvalue weighted by Crippen LogP contribution is 2.39. The van der Waals surface area contributed by atoms with Crippen molar-refractivity contribution in [2.45, 2.75) is 6.61 Å². The molecule has 4 aromatic rings. The lowest BCUT2D eigenvalue weighted by molar-refractivity contribution is 0.287. The molecule has 9 heteroatoms. The number of ether oxygens (including phenoxy) is 1. The normalized spacial score (nSPS) is 17.3. The lowest BCUT2D eigenvalue weighted by atomic mass is 9.92. The van der Waals surface area contributed by atoms with Crippen LogP contribution in [0.2, 0.25) is 0 Å². The molecule has 1 fully saturated rings. The molecule has 2 aliphatic heterocycles. The van der Waals surface area contributed by atoms with E-state index < -0.39 is 5.82 Å². The first-order valence-electron chi connectivity index (χ1n) is 12.1. The zero-order valence-electron chi connectivity index (χ0n) is 20.2. The fourth-order valence-corrected chi connectivity index (χ4v) is 5.03. The van der Waals surface area contributed by atoms with E-state index in [-0.39, 0.29) is 12.4 Å². The van der Waals surface area contributed by atoms with Crippen LogP contribution in [0.1, 0.15) is 22.3 Å². The van der Waals surface area contributed by atoms with Gasteiger partial charge in [0.2, 0.25) is 11.8 Å². The van der Waals surface area contributed by atoms with E-state index >= 15 is 0 Å². The molecule has 0 spiro atoms. The number of hydrogen-bond acceptors (Lipinski definition) is 5. The van der Waals surface area contributed by atoms with Crippen LogP contribution in [0.15, 0.2) is 59.6 Å². The maximum absolute atomic E-state index is 14.8. The predicted octanol–water partition coefficient (Wildman–Crippen LogP) is 3.99. The highest BCUT2D eigenvalue weighted by molar-refractivity contribution is 5.95. The highest BCUT2D eigenvalue weighted by Gasteiger charge is 2.23. The minimum absolute atomic E-state index is 0.00944. The summed E-state index contributed by atoms with van der Waals surface area (Å²) in [6.07, 6.45) is 3.85. The Bertz CT molecular complexity index is 1650. The zero-order chi connectivity index (χ0) is 25.5. The number of fused-ring (bicyclic) bond motifs is 3. The van der Waals surface area contributed by atoms with Gasteiger partial charge in [-0.3, -0.25) is 0 Å². The van der Waals surface area contributed by atoms with Crippen molar-refractivity contribution in [3.63, 3.8) is 0 Å². The maximum Gasteiger partial charge on any atom is 0.238 e. The molecule has 2 aliphatic rings. The topological polar surface area (TPSA) is 72.6 Å². The molecule has 0 bridgehead atoms. The number of piperazine rings is 1. The third-order valence-corrected chi connectivity index (χ3v) is 6.94. The Morgan fingerprint density at radius 3 is 2.68 bits per heavy atom.